The Morgan fingerprint density at radius 2 is 0.729 bits per heavy atom. The van der Waals surface area contributed by atoms with Crippen LogP contribution in [0.5, 0.6) is 0 Å². The zero-order chi connectivity index (χ0) is 41.5. The van der Waals surface area contributed by atoms with Crippen molar-refractivity contribution in [2.75, 3.05) is 172 Å². The zero-order valence-corrected chi connectivity index (χ0v) is 35.4. The number of ether oxygens (including phenoxy) is 13. The largest absolute Gasteiger partial charge is 0.449 e. The molecule has 0 radical (unpaired) electrons. The van der Waals surface area contributed by atoms with E-state index in [2.05, 4.69) is 36.5 Å². The number of hydrogen-bond acceptors (Lipinski definition) is 14. The Hall–Kier alpha value is -2.77. The first-order valence-corrected chi connectivity index (χ1v) is 21.3. The summed E-state index contributed by atoms with van der Waals surface area (Å²) in [6.45, 7) is 15.2. The van der Waals surface area contributed by atoms with Gasteiger partial charge in [0.2, 0.25) is 0 Å². The van der Waals surface area contributed by atoms with E-state index in [0.717, 1.165) is 13.0 Å². The molecule has 2 aromatic rings. The minimum atomic E-state index is -0.452. The number of alkyl carbamates (subject to hydrolysis) is 1. The molecule has 1 aliphatic rings. The van der Waals surface area contributed by atoms with Gasteiger partial charge >= 0.3 is 6.09 Å². The predicted molar refractivity (Wildman–Crippen MR) is 222 cm³/mol. The number of hydrogen-bond donors (Lipinski definition) is 1. The maximum Gasteiger partial charge on any atom is 0.407 e. The van der Waals surface area contributed by atoms with Gasteiger partial charge in [-0.1, -0.05) is 68.3 Å². The molecule has 59 heavy (non-hydrogen) atoms. The van der Waals surface area contributed by atoms with Crippen molar-refractivity contribution in [1.29, 1.82) is 0 Å². The molecule has 1 aliphatic carbocycles. The van der Waals surface area contributed by atoms with Gasteiger partial charge in [-0.15, -0.1) is 0 Å². The molecule has 0 saturated heterocycles. The summed E-state index contributed by atoms with van der Waals surface area (Å²) in [5.41, 5.74) is 4.77. The molecule has 0 spiro atoms. The lowest BCUT2D eigenvalue weighted by atomic mass is 9.98. The summed E-state index contributed by atoms with van der Waals surface area (Å²) in [4.78, 5) is 12.3. The highest BCUT2D eigenvalue weighted by atomic mass is 16.6. The summed E-state index contributed by atoms with van der Waals surface area (Å²) in [6, 6.07) is 16.5. The molecule has 3 rings (SSSR count). The summed E-state index contributed by atoms with van der Waals surface area (Å²) >= 11 is 0. The molecule has 15 heteroatoms. The van der Waals surface area contributed by atoms with Crippen LogP contribution in [0, 0.1) is 0 Å². The third-order valence-corrected chi connectivity index (χ3v) is 8.84. The number of unbranched alkanes of at least 4 members (excludes halogenated alkanes) is 2. The minimum absolute atomic E-state index is 0.0358. The van der Waals surface area contributed by atoms with E-state index in [0.29, 0.717) is 159 Å². The lowest BCUT2D eigenvalue weighted by molar-refractivity contribution is -0.0283. The van der Waals surface area contributed by atoms with E-state index in [1.807, 2.05) is 24.3 Å². The van der Waals surface area contributed by atoms with E-state index in [9.17, 15) is 4.79 Å². The van der Waals surface area contributed by atoms with Crippen LogP contribution in [0.2, 0.25) is 0 Å². The third-order valence-electron chi connectivity index (χ3n) is 8.84. The van der Waals surface area contributed by atoms with Crippen molar-refractivity contribution in [2.45, 2.75) is 32.1 Å². The highest BCUT2D eigenvalue weighted by Gasteiger charge is 2.29. The quantitative estimate of drug-likeness (QED) is 0.0903. The van der Waals surface area contributed by atoms with Gasteiger partial charge in [0.15, 0.2) is 0 Å². The van der Waals surface area contributed by atoms with Gasteiger partial charge < -0.3 is 66.9 Å². The van der Waals surface area contributed by atoms with E-state index >= 15 is 0 Å². The molecule has 336 valence electrons. The first-order chi connectivity index (χ1) is 29.3. The van der Waals surface area contributed by atoms with E-state index in [1.165, 1.54) is 35.1 Å². The van der Waals surface area contributed by atoms with E-state index in [1.54, 1.807) is 0 Å². The Morgan fingerprint density at radius 3 is 1.07 bits per heavy atom. The average Bonchev–Trinajstić information content (AvgIpc) is 3.58. The first-order valence-electron chi connectivity index (χ1n) is 21.3. The van der Waals surface area contributed by atoms with Gasteiger partial charge in [0, 0.05) is 19.1 Å². The van der Waals surface area contributed by atoms with Crippen LogP contribution in [0.15, 0.2) is 48.5 Å². The lowest BCUT2D eigenvalue weighted by Gasteiger charge is -2.14. The maximum absolute atomic E-state index is 12.3. The summed E-state index contributed by atoms with van der Waals surface area (Å²) < 4.78 is 71.6. The van der Waals surface area contributed by atoms with Crippen LogP contribution in [-0.2, 0) is 61.6 Å². The van der Waals surface area contributed by atoms with Crippen LogP contribution < -0.4 is 5.32 Å². The second kappa shape index (κ2) is 37.0. The monoisotopic (exact) mass is 837 g/mol. The standard InChI is InChI=1S/C44H71NO14/c1-2-3-8-14-47-16-18-49-20-22-51-24-26-53-28-30-55-32-34-57-36-37-58-35-33-56-31-29-54-27-25-52-23-21-50-19-17-48-15-13-45-44(46)59-38-43-41-11-6-4-9-39(41)40-10-5-7-12-42(40)43/h4-7,9-12,43H,2-3,8,13-38H2,1H3,(H,45,46). The van der Waals surface area contributed by atoms with Gasteiger partial charge in [-0.25, -0.2) is 4.79 Å². The van der Waals surface area contributed by atoms with Crippen LogP contribution in [0.1, 0.15) is 43.2 Å². The van der Waals surface area contributed by atoms with Crippen LogP contribution in [0.4, 0.5) is 4.79 Å². The van der Waals surface area contributed by atoms with Crippen molar-refractivity contribution in [3.05, 3.63) is 59.7 Å². The van der Waals surface area contributed by atoms with Crippen molar-refractivity contribution in [2.24, 2.45) is 0 Å². The van der Waals surface area contributed by atoms with Crippen molar-refractivity contribution in [3.8, 4) is 11.1 Å². The van der Waals surface area contributed by atoms with Gasteiger partial charge in [-0.05, 0) is 28.7 Å². The summed E-state index contributed by atoms with van der Waals surface area (Å²) in [5.74, 6) is 0.0358. The normalized spacial score (nSPS) is 12.2. The van der Waals surface area contributed by atoms with E-state index in [4.69, 9.17) is 61.6 Å². The molecule has 0 aromatic heterocycles. The van der Waals surface area contributed by atoms with Gasteiger partial charge in [0.05, 0.1) is 152 Å². The molecule has 1 N–H and O–H groups in total. The second-order valence-corrected chi connectivity index (χ2v) is 13.3. The molecule has 0 aliphatic heterocycles. The molecule has 15 nitrogen and oxygen atoms in total. The number of nitrogens with one attached hydrogen (secondary N) is 1. The van der Waals surface area contributed by atoms with Crippen molar-refractivity contribution < 1.29 is 66.4 Å². The Balaban J connectivity index is 0.923. The van der Waals surface area contributed by atoms with Crippen LogP contribution in [-0.4, -0.2) is 178 Å². The second-order valence-electron chi connectivity index (χ2n) is 13.3. The molecule has 0 saturated carbocycles. The number of fused-ring (bicyclic) bond motifs is 3. The Bertz CT molecular complexity index is 1230. The van der Waals surface area contributed by atoms with Crippen LogP contribution >= 0.6 is 0 Å². The van der Waals surface area contributed by atoms with Crippen molar-refractivity contribution in [1.82, 2.24) is 5.32 Å². The Kier molecular flexibility index (Phi) is 31.7. The molecular weight excluding hydrogens is 766 g/mol. The summed E-state index contributed by atoms with van der Waals surface area (Å²) in [6.07, 6.45) is 3.08. The molecule has 1 amide bonds. The number of carbonyl (C=O) groups is 1. The van der Waals surface area contributed by atoms with E-state index < -0.39 is 6.09 Å². The topological polar surface area (TPSA) is 149 Å². The van der Waals surface area contributed by atoms with Crippen LogP contribution in [0.3, 0.4) is 0 Å². The fraction of sp³-hybridized carbons (Fsp3) is 0.705. The predicted octanol–water partition coefficient (Wildman–Crippen LogP) is 4.91. The third kappa shape index (κ3) is 25.6. The lowest BCUT2D eigenvalue weighted by Crippen LogP contribution is -2.29. The van der Waals surface area contributed by atoms with Gasteiger partial charge in [0.1, 0.15) is 6.61 Å². The summed E-state index contributed by atoms with van der Waals surface area (Å²) in [7, 11) is 0. The number of rotatable bonds is 42. The Labute approximate surface area is 351 Å². The molecule has 0 unspecified atom stereocenters. The molecule has 0 fully saturated rings. The molecule has 0 heterocycles. The fourth-order valence-corrected chi connectivity index (χ4v) is 5.85. The van der Waals surface area contributed by atoms with Crippen LogP contribution in [0.25, 0.3) is 11.1 Å². The average molecular weight is 838 g/mol. The zero-order valence-electron chi connectivity index (χ0n) is 35.4. The highest BCUT2D eigenvalue weighted by molar-refractivity contribution is 5.79. The smallest absolute Gasteiger partial charge is 0.407 e. The minimum Gasteiger partial charge on any atom is -0.449 e. The van der Waals surface area contributed by atoms with Crippen molar-refractivity contribution >= 4 is 6.09 Å². The molecule has 0 bridgehead atoms. The molecular formula is C44H71NO14. The summed E-state index contributed by atoms with van der Waals surface area (Å²) in [5, 5.41) is 2.75. The van der Waals surface area contributed by atoms with Crippen molar-refractivity contribution in [3.63, 3.8) is 0 Å². The van der Waals surface area contributed by atoms with Gasteiger partial charge in [0.25, 0.3) is 0 Å². The highest BCUT2D eigenvalue weighted by Crippen LogP contribution is 2.44. The number of amides is 1. The Morgan fingerprint density at radius 1 is 0.424 bits per heavy atom. The maximum atomic E-state index is 12.3. The number of carbonyl (C=O) groups excluding carboxylic acids is 1. The molecule has 2 aromatic carbocycles. The van der Waals surface area contributed by atoms with E-state index in [-0.39, 0.29) is 12.5 Å². The number of benzene rings is 2. The van der Waals surface area contributed by atoms with Gasteiger partial charge in [-0.3, -0.25) is 0 Å². The first kappa shape index (κ1) is 50.6. The SMILES string of the molecule is CCCCCOCCOCCOCCOCCOCCOCCOCCOCCOCCOCCOCCOCCNC(=O)OCC1c2ccccc2-c2ccccc21. The van der Waals surface area contributed by atoms with Gasteiger partial charge in [-0.2, -0.15) is 0 Å². The fourth-order valence-electron chi connectivity index (χ4n) is 5.85. The molecule has 0 atom stereocenters.